The third-order valence-corrected chi connectivity index (χ3v) is 5.77. The van der Waals surface area contributed by atoms with Gasteiger partial charge in [-0.1, -0.05) is 36.9 Å². The van der Waals surface area contributed by atoms with Crippen LogP contribution in [0, 0.1) is 11.2 Å². The molecule has 5 rings (SSSR count). The van der Waals surface area contributed by atoms with Gasteiger partial charge in [-0.2, -0.15) is 0 Å². The molecule has 1 aliphatic heterocycles. The molecule has 0 radical (unpaired) electrons. The summed E-state index contributed by atoms with van der Waals surface area (Å²) in [5, 5.41) is 12.7. The van der Waals surface area contributed by atoms with Crippen molar-refractivity contribution in [2.45, 2.75) is 12.0 Å². The average Bonchev–Trinajstić information content (AvgIpc) is 3.16. The lowest BCUT2D eigenvalue weighted by atomic mass is 9.79. The molecule has 0 fully saturated rings. The van der Waals surface area contributed by atoms with Crippen LogP contribution in [-0.4, -0.2) is 27.3 Å². The van der Waals surface area contributed by atoms with E-state index >= 15 is 0 Å². The van der Waals surface area contributed by atoms with E-state index in [1.54, 1.807) is 30.6 Å². The second-order valence-electron chi connectivity index (χ2n) is 7.43. The molecule has 32 heavy (non-hydrogen) atoms. The van der Waals surface area contributed by atoms with Gasteiger partial charge in [0.25, 0.3) is 0 Å². The number of aryl methyl sites for hydroxylation is 1. The Morgan fingerprint density at radius 3 is 2.59 bits per heavy atom. The van der Waals surface area contributed by atoms with Crippen LogP contribution in [-0.2, 0) is 7.05 Å². The van der Waals surface area contributed by atoms with Crippen LogP contribution < -0.4 is 11.1 Å². The monoisotopic (exact) mass is 428 g/mol. The summed E-state index contributed by atoms with van der Waals surface area (Å²) in [6.45, 7) is 3.92. The van der Waals surface area contributed by atoms with Crippen molar-refractivity contribution in [3.63, 3.8) is 0 Å². The van der Waals surface area contributed by atoms with E-state index in [9.17, 15) is 9.80 Å². The molecule has 2 aromatic carbocycles. The zero-order chi connectivity index (χ0) is 22.8. The highest BCUT2D eigenvalue weighted by Crippen LogP contribution is 2.43. The van der Waals surface area contributed by atoms with Gasteiger partial charge in [0.2, 0.25) is 0 Å². The summed E-state index contributed by atoms with van der Waals surface area (Å²) in [4.78, 5) is 9.01. The van der Waals surface area contributed by atoms with E-state index in [1.807, 2.05) is 35.9 Å². The highest BCUT2D eigenvalue weighted by atomic mass is 19.1. The first-order valence-corrected chi connectivity index (χ1v) is 10.3. The van der Waals surface area contributed by atoms with Crippen LogP contribution in [0.1, 0.15) is 34.5 Å². The van der Waals surface area contributed by atoms with Crippen LogP contribution in [0.25, 0.3) is 17.1 Å². The summed E-state index contributed by atoms with van der Waals surface area (Å²) >= 11 is 0. The fraction of sp³-hybridized carbons (Fsp3) is 0.160. The molecular weight excluding hydrogens is 403 g/mol. The number of nitrogens with one attached hydrogen (secondary N) is 2. The number of fused-ring (bicyclic) bond motifs is 2. The second-order valence-corrected chi connectivity index (χ2v) is 7.43. The van der Waals surface area contributed by atoms with Gasteiger partial charge >= 0.3 is 0 Å². The van der Waals surface area contributed by atoms with E-state index in [4.69, 9.17) is 4.98 Å². The molecule has 7 heteroatoms. The van der Waals surface area contributed by atoms with Crippen molar-refractivity contribution in [3.8, 4) is 0 Å². The molecule has 0 saturated heterocycles. The molecule has 162 valence electrons. The van der Waals surface area contributed by atoms with Crippen LogP contribution in [0.4, 0.5) is 10.1 Å². The summed E-state index contributed by atoms with van der Waals surface area (Å²) < 4.78 is 15.6. The van der Waals surface area contributed by atoms with Gasteiger partial charge in [0.05, 0.1) is 29.4 Å². The summed E-state index contributed by atoms with van der Waals surface area (Å²) in [7, 11) is 3.45. The standard InChI is InChI=1S/C24H20FN5.CH5N/c1-3-14-5-4-6-17-20(14)22(26)21(23(28-17)15-7-9-16(25)10-8-15)24-29-18-13-27-12-11-19(18)30(24)2;1-2/h3-13,21,23,26,28H,1H2,2H3;2H2,1H3. The number of hydrogen-bond acceptors (Lipinski definition) is 5. The number of nitrogens with two attached hydrogens (primary N) is 1. The lowest BCUT2D eigenvalue weighted by molar-refractivity contribution is 0.619. The Morgan fingerprint density at radius 1 is 1.16 bits per heavy atom. The van der Waals surface area contributed by atoms with Crippen molar-refractivity contribution in [1.29, 1.82) is 5.41 Å². The predicted octanol–water partition coefficient (Wildman–Crippen LogP) is 4.64. The summed E-state index contributed by atoms with van der Waals surface area (Å²) in [5.41, 5.74) is 10.2. The van der Waals surface area contributed by atoms with Gasteiger partial charge < -0.3 is 21.0 Å². The fourth-order valence-corrected chi connectivity index (χ4v) is 4.31. The normalized spacial score (nSPS) is 17.2. The maximum atomic E-state index is 13.6. The topological polar surface area (TPSA) is 92.6 Å². The van der Waals surface area contributed by atoms with Crippen molar-refractivity contribution in [2.75, 3.05) is 12.4 Å². The number of hydrogen-bond donors (Lipinski definition) is 3. The molecule has 0 saturated carbocycles. The Bertz CT molecular complexity index is 1290. The SMILES string of the molecule is C=Cc1cccc2c1C(=N)C(c1nc3cnccc3n1C)C(c1ccc(F)cc1)N2.CN. The van der Waals surface area contributed by atoms with Crippen LogP contribution in [0.15, 0.2) is 67.5 Å². The Balaban J connectivity index is 0.00000119. The van der Waals surface area contributed by atoms with E-state index in [-0.39, 0.29) is 17.8 Å². The van der Waals surface area contributed by atoms with Gasteiger partial charge in [-0.15, -0.1) is 0 Å². The van der Waals surface area contributed by atoms with Crippen molar-refractivity contribution in [2.24, 2.45) is 12.8 Å². The van der Waals surface area contributed by atoms with E-state index in [2.05, 4.69) is 22.6 Å². The molecule has 0 amide bonds. The first-order valence-electron chi connectivity index (χ1n) is 10.3. The van der Waals surface area contributed by atoms with Gasteiger partial charge in [-0.25, -0.2) is 9.37 Å². The second kappa shape index (κ2) is 8.72. The first kappa shape index (κ1) is 21.4. The zero-order valence-electron chi connectivity index (χ0n) is 18.0. The van der Waals surface area contributed by atoms with Crippen LogP contribution in [0.3, 0.4) is 0 Å². The number of pyridine rings is 1. The number of aromatic nitrogens is 3. The molecule has 0 bridgehead atoms. The quantitative estimate of drug-likeness (QED) is 0.443. The van der Waals surface area contributed by atoms with Crippen molar-refractivity contribution in [1.82, 2.24) is 14.5 Å². The van der Waals surface area contributed by atoms with Gasteiger partial charge in [-0.05, 0) is 42.4 Å². The molecule has 6 nitrogen and oxygen atoms in total. The highest BCUT2D eigenvalue weighted by molar-refractivity contribution is 6.11. The predicted molar refractivity (Wildman–Crippen MR) is 127 cm³/mol. The molecule has 4 N–H and O–H groups in total. The molecule has 2 aromatic heterocycles. The largest absolute Gasteiger partial charge is 0.377 e. The van der Waals surface area contributed by atoms with E-state index in [0.29, 0.717) is 5.71 Å². The van der Waals surface area contributed by atoms with Crippen molar-refractivity contribution >= 4 is 28.5 Å². The third-order valence-electron chi connectivity index (χ3n) is 5.77. The Hall–Kier alpha value is -3.84. The minimum atomic E-state index is -0.374. The molecule has 2 atom stereocenters. The number of benzene rings is 2. The number of anilines is 1. The number of nitrogens with zero attached hydrogens (tertiary/aromatic N) is 3. The van der Waals surface area contributed by atoms with Crippen molar-refractivity contribution < 1.29 is 4.39 Å². The number of rotatable bonds is 3. The van der Waals surface area contributed by atoms with Crippen molar-refractivity contribution in [3.05, 3.63) is 95.8 Å². The van der Waals surface area contributed by atoms with Crippen LogP contribution in [0.2, 0.25) is 0 Å². The average molecular weight is 429 g/mol. The Morgan fingerprint density at radius 2 is 1.91 bits per heavy atom. The Kier molecular flexibility index (Phi) is 5.83. The van der Waals surface area contributed by atoms with Gasteiger partial charge in [0.1, 0.15) is 17.2 Å². The molecule has 2 unspecified atom stereocenters. The summed E-state index contributed by atoms with van der Waals surface area (Å²) in [5.74, 6) is 0.0973. The lowest BCUT2D eigenvalue weighted by Gasteiger charge is -2.36. The molecule has 0 spiro atoms. The maximum Gasteiger partial charge on any atom is 0.123 e. The van der Waals surface area contributed by atoms with Crippen LogP contribution >= 0.6 is 0 Å². The van der Waals surface area contributed by atoms with E-state index in [1.165, 1.54) is 19.2 Å². The summed E-state index contributed by atoms with van der Waals surface area (Å²) in [6, 6.07) is 13.9. The molecule has 3 heterocycles. The smallest absolute Gasteiger partial charge is 0.123 e. The molecule has 1 aliphatic rings. The summed E-state index contributed by atoms with van der Waals surface area (Å²) in [6.07, 6.45) is 5.23. The van der Waals surface area contributed by atoms with E-state index < -0.39 is 0 Å². The molecular formula is C25H25FN6. The minimum Gasteiger partial charge on any atom is -0.377 e. The fourth-order valence-electron chi connectivity index (χ4n) is 4.31. The van der Waals surface area contributed by atoms with Gasteiger partial charge in [0, 0.05) is 24.5 Å². The highest BCUT2D eigenvalue weighted by Gasteiger charge is 2.38. The Labute approximate surface area is 186 Å². The first-order chi connectivity index (χ1) is 15.6. The molecule has 4 aromatic rings. The lowest BCUT2D eigenvalue weighted by Crippen LogP contribution is -2.34. The van der Waals surface area contributed by atoms with E-state index in [0.717, 1.165) is 39.2 Å². The minimum absolute atomic E-state index is 0.269. The maximum absolute atomic E-state index is 13.6. The van der Waals surface area contributed by atoms with Gasteiger partial charge in [-0.3, -0.25) is 4.98 Å². The number of halogens is 1. The zero-order valence-corrected chi connectivity index (χ0v) is 18.0. The third kappa shape index (κ3) is 3.46. The molecule has 0 aliphatic carbocycles. The van der Waals surface area contributed by atoms with Crippen LogP contribution in [0.5, 0.6) is 0 Å². The number of imidazole rings is 1. The van der Waals surface area contributed by atoms with Gasteiger partial charge in [0.15, 0.2) is 0 Å².